The van der Waals surface area contributed by atoms with Crippen molar-refractivity contribution in [2.45, 2.75) is 57.3 Å². The maximum absolute atomic E-state index is 9.50. The number of aliphatic hydroxyl groups is 1. The van der Waals surface area contributed by atoms with Crippen LogP contribution in [0.25, 0.3) is 0 Å². The summed E-state index contributed by atoms with van der Waals surface area (Å²) in [5.74, 6) is 0.755. The maximum Gasteiger partial charge on any atom is 0.110 e. The summed E-state index contributed by atoms with van der Waals surface area (Å²) in [6.45, 7) is 3.48. The average molecular weight is 214 g/mol. The van der Waals surface area contributed by atoms with Gasteiger partial charge in [-0.3, -0.25) is 0 Å². The molecule has 3 unspecified atom stereocenters. The van der Waals surface area contributed by atoms with Crippen molar-refractivity contribution in [3.8, 4) is 0 Å². The van der Waals surface area contributed by atoms with Gasteiger partial charge in [-0.1, -0.05) is 12.8 Å². The van der Waals surface area contributed by atoms with E-state index < -0.39 is 0 Å². The van der Waals surface area contributed by atoms with Crippen LogP contribution in [-0.2, 0) is 9.47 Å². The first kappa shape index (κ1) is 11.4. The molecule has 1 N–H and O–H groups in total. The molecule has 0 saturated heterocycles. The Morgan fingerprint density at radius 3 is 2.53 bits per heavy atom. The van der Waals surface area contributed by atoms with Gasteiger partial charge >= 0.3 is 0 Å². The van der Waals surface area contributed by atoms with Gasteiger partial charge in [0.05, 0.1) is 12.2 Å². The van der Waals surface area contributed by atoms with E-state index in [0.717, 1.165) is 18.9 Å². The molecule has 0 bridgehead atoms. The van der Waals surface area contributed by atoms with Crippen molar-refractivity contribution in [3.05, 3.63) is 0 Å². The van der Waals surface area contributed by atoms with Crippen LogP contribution in [0, 0.1) is 5.92 Å². The molecule has 2 fully saturated rings. The summed E-state index contributed by atoms with van der Waals surface area (Å²) in [5.41, 5.74) is 0. The van der Waals surface area contributed by atoms with Gasteiger partial charge in [0.25, 0.3) is 0 Å². The van der Waals surface area contributed by atoms with E-state index in [0.29, 0.717) is 6.61 Å². The van der Waals surface area contributed by atoms with Gasteiger partial charge in [0.15, 0.2) is 0 Å². The minimum atomic E-state index is -0.307. The topological polar surface area (TPSA) is 38.7 Å². The van der Waals surface area contributed by atoms with Crippen LogP contribution in [0.4, 0.5) is 0 Å². The lowest BCUT2D eigenvalue weighted by Gasteiger charge is -2.41. The second kappa shape index (κ2) is 5.28. The van der Waals surface area contributed by atoms with E-state index in [1.165, 1.54) is 25.7 Å². The van der Waals surface area contributed by atoms with E-state index in [4.69, 9.17) is 9.47 Å². The van der Waals surface area contributed by atoms with Crippen LogP contribution in [0.5, 0.6) is 0 Å². The molecule has 0 amide bonds. The van der Waals surface area contributed by atoms with Gasteiger partial charge in [0.2, 0.25) is 0 Å². The highest BCUT2D eigenvalue weighted by Gasteiger charge is 2.41. The van der Waals surface area contributed by atoms with Crippen LogP contribution in [0.3, 0.4) is 0 Å². The molecule has 15 heavy (non-hydrogen) atoms. The first-order chi connectivity index (χ1) is 7.31. The highest BCUT2D eigenvalue weighted by atomic mass is 16.6. The molecular weight excluding hydrogens is 192 g/mol. The summed E-state index contributed by atoms with van der Waals surface area (Å²) in [7, 11) is 0. The second-order valence-corrected chi connectivity index (χ2v) is 4.75. The van der Waals surface area contributed by atoms with Gasteiger partial charge in [-0.25, -0.2) is 0 Å². The Bertz CT molecular complexity index is 189. The molecule has 0 aromatic rings. The van der Waals surface area contributed by atoms with Gasteiger partial charge in [0.1, 0.15) is 6.10 Å². The minimum absolute atomic E-state index is 0.0728. The van der Waals surface area contributed by atoms with Crippen LogP contribution in [0.1, 0.15) is 39.0 Å². The maximum atomic E-state index is 9.50. The van der Waals surface area contributed by atoms with E-state index in [9.17, 15) is 5.11 Å². The molecule has 0 heterocycles. The van der Waals surface area contributed by atoms with Crippen LogP contribution in [-0.4, -0.2) is 36.6 Å². The first-order valence-electron chi connectivity index (χ1n) is 6.22. The molecule has 3 heteroatoms. The zero-order chi connectivity index (χ0) is 10.7. The number of ether oxygens (including phenoxy) is 2. The van der Waals surface area contributed by atoms with Gasteiger partial charge in [0, 0.05) is 19.6 Å². The van der Waals surface area contributed by atoms with Crippen molar-refractivity contribution >= 4 is 0 Å². The van der Waals surface area contributed by atoms with Crippen molar-refractivity contribution in [1.29, 1.82) is 0 Å². The van der Waals surface area contributed by atoms with Crippen molar-refractivity contribution in [2.75, 3.05) is 13.2 Å². The first-order valence-corrected chi connectivity index (χ1v) is 6.22. The molecule has 0 aromatic heterocycles. The second-order valence-electron chi connectivity index (χ2n) is 4.75. The Hall–Kier alpha value is -0.120. The van der Waals surface area contributed by atoms with Crippen LogP contribution < -0.4 is 0 Å². The molecule has 88 valence electrons. The zero-order valence-electron chi connectivity index (χ0n) is 9.52. The molecule has 2 rings (SSSR count). The molecule has 0 aliphatic heterocycles. The molecule has 3 atom stereocenters. The summed E-state index contributed by atoms with van der Waals surface area (Å²) in [6.07, 6.45) is 5.85. The number of hydrogen-bond donors (Lipinski definition) is 1. The average Bonchev–Trinajstić information content (AvgIpc) is 2.73. The van der Waals surface area contributed by atoms with Crippen molar-refractivity contribution in [1.82, 2.24) is 0 Å². The van der Waals surface area contributed by atoms with E-state index in [2.05, 4.69) is 0 Å². The fourth-order valence-electron chi connectivity index (χ4n) is 2.57. The Labute approximate surface area is 91.8 Å². The summed E-state index contributed by atoms with van der Waals surface area (Å²) >= 11 is 0. The van der Waals surface area contributed by atoms with Gasteiger partial charge < -0.3 is 14.6 Å². The lowest BCUT2D eigenvalue weighted by molar-refractivity contribution is -0.193. The molecular formula is C12H22O3. The van der Waals surface area contributed by atoms with Crippen molar-refractivity contribution in [2.24, 2.45) is 5.92 Å². The minimum Gasteiger partial charge on any atom is -0.390 e. The molecule has 0 radical (unpaired) electrons. The predicted octanol–water partition coefficient (Wildman–Crippen LogP) is 1.73. The zero-order valence-corrected chi connectivity index (χ0v) is 9.52. The summed E-state index contributed by atoms with van der Waals surface area (Å²) < 4.78 is 11.3. The molecule has 0 aromatic carbocycles. The van der Waals surface area contributed by atoms with Crippen molar-refractivity contribution < 1.29 is 14.6 Å². The smallest absolute Gasteiger partial charge is 0.110 e. The fourth-order valence-corrected chi connectivity index (χ4v) is 2.57. The van der Waals surface area contributed by atoms with E-state index in [1.807, 2.05) is 6.92 Å². The van der Waals surface area contributed by atoms with Crippen LogP contribution >= 0.6 is 0 Å². The highest BCUT2D eigenvalue weighted by molar-refractivity contribution is 4.92. The van der Waals surface area contributed by atoms with Gasteiger partial charge in [-0.2, -0.15) is 0 Å². The largest absolute Gasteiger partial charge is 0.390 e. The van der Waals surface area contributed by atoms with Crippen molar-refractivity contribution in [3.63, 3.8) is 0 Å². The SMILES string of the molecule is CCOC1C(O)CC1OCC1CCCC1. The molecule has 3 nitrogen and oxygen atoms in total. The number of aliphatic hydroxyl groups excluding tert-OH is 1. The Morgan fingerprint density at radius 1 is 1.20 bits per heavy atom. The third-order valence-corrected chi connectivity index (χ3v) is 3.60. The van der Waals surface area contributed by atoms with Crippen LogP contribution in [0.15, 0.2) is 0 Å². The lowest BCUT2D eigenvalue weighted by Crippen LogP contribution is -2.54. The number of rotatable bonds is 5. The Kier molecular flexibility index (Phi) is 4.00. The quantitative estimate of drug-likeness (QED) is 0.757. The Balaban J connectivity index is 1.66. The fraction of sp³-hybridized carbons (Fsp3) is 1.00. The highest BCUT2D eigenvalue weighted by Crippen LogP contribution is 2.30. The summed E-state index contributed by atoms with van der Waals surface area (Å²) in [4.78, 5) is 0. The van der Waals surface area contributed by atoms with Gasteiger partial charge in [-0.15, -0.1) is 0 Å². The summed E-state index contributed by atoms with van der Waals surface area (Å²) in [6, 6.07) is 0. The summed E-state index contributed by atoms with van der Waals surface area (Å²) in [5, 5.41) is 9.50. The molecule has 0 spiro atoms. The molecule has 2 aliphatic carbocycles. The third-order valence-electron chi connectivity index (χ3n) is 3.60. The van der Waals surface area contributed by atoms with Crippen LogP contribution in [0.2, 0.25) is 0 Å². The number of hydrogen-bond acceptors (Lipinski definition) is 3. The van der Waals surface area contributed by atoms with E-state index >= 15 is 0 Å². The standard InChI is InChI=1S/C12H22O3/c1-2-14-12-10(13)7-11(12)15-8-9-5-3-4-6-9/h9-13H,2-8H2,1H3. The molecule has 2 aliphatic rings. The van der Waals surface area contributed by atoms with E-state index in [-0.39, 0.29) is 18.3 Å². The Morgan fingerprint density at radius 2 is 1.93 bits per heavy atom. The third kappa shape index (κ3) is 2.71. The molecule has 2 saturated carbocycles. The predicted molar refractivity (Wildman–Crippen MR) is 57.7 cm³/mol. The van der Waals surface area contributed by atoms with Gasteiger partial charge in [-0.05, 0) is 25.7 Å². The normalized spacial score (nSPS) is 36.8. The lowest BCUT2D eigenvalue weighted by atomic mass is 9.88. The monoisotopic (exact) mass is 214 g/mol. The van der Waals surface area contributed by atoms with E-state index in [1.54, 1.807) is 0 Å².